The van der Waals surface area contributed by atoms with Crippen molar-refractivity contribution in [2.24, 2.45) is 5.73 Å². The monoisotopic (exact) mass is 340 g/mol. The number of rotatable bonds is 5. The van der Waals surface area contributed by atoms with Gasteiger partial charge in [-0.25, -0.2) is 4.98 Å². The van der Waals surface area contributed by atoms with Crippen molar-refractivity contribution in [3.05, 3.63) is 53.4 Å². The number of aromatic nitrogens is 1. The molecule has 5 nitrogen and oxygen atoms in total. The Morgan fingerprint density at radius 2 is 1.96 bits per heavy atom. The number of benzene rings is 2. The minimum Gasteiger partial charge on any atom is -0.497 e. The summed E-state index contributed by atoms with van der Waals surface area (Å²) in [4.78, 5) is 16.0. The topological polar surface area (TPSA) is 74.4 Å². The van der Waals surface area contributed by atoms with E-state index in [0.29, 0.717) is 5.56 Å². The molecule has 1 aromatic heterocycles. The van der Waals surface area contributed by atoms with Gasteiger partial charge in [0.25, 0.3) is 0 Å². The minimum atomic E-state index is -0.455. The molecule has 0 unspecified atom stereocenters. The molecule has 0 bridgehead atoms. The Morgan fingerprint density at radius 3 is 2.67 bits per heavy atom. The van der Waals surface area contributed by atoms with Crippen LogP contribution in [0, 0.1) is 0 Å². The third-order valence-corrected chi connectivity index (χ3v) is 4.47. The van der Waals surface area contributed by atoms with E-state index in [-0.39, 0.29) is 0 Å². The largest absolute Gasteiger partial charge is 0.497 e. The van der Waals surface area contributed by atoms with Crippen LogP contribution >= 0.6 is 11.3 Å². The Morgan fingerprint density at radius 1 is 1.12 bits per heavy atom. The second-order valence-electron chi connectivity index (χ2n) is 5.05. The number of carbonyl (C=O) groups excluding carboxylic acids is 1. The van der Waals surface area contributed by atoms with Gasteiger partial charge in [-0.05, 0) is 30.3 Å². The van der Waals surface area contributed by atoms with Gasteiger partial charge in [-0.15, -0.1) is 11.3 Å². The third-order valence-electron chi connectivity index (χ3n) is 3.58. The van der Waals surface area contributed by atoms with Crippen LogP contribution in [0.4, 0.5) is 0 Å². The van der Waals surface area contributed by atoms with Crippen molar-refractivity contribution < 1.29 is 14.3 Å². The lowest BCUT2D eigenvalue weighted by Gasteiger charge is -2.08. The number of hydrogen-bond acceptors (Lipinski definition) is 5. The van der Waals surface area contributed by atoms with E-state index in [2.05, 4.69) is 4.98 Å². The standard InChI is InChI=1S/C18H16N2O3S/c1-22-13-6-7-16(23-2)14(9-13)15-10-24-18(20-15)12-5-3-4-11(8-12)17(19)21/h3-10H,1-2H3,(H2,19,21). The quantitative estimate of drug-likeness (QED) is 0.770. The van der Waals surface area contributed by atoms with E-state index < -0.39 is 5.91 Å². The molecule has 0 saturated heterocycles. The van der Waals surface area contributed by atoms with Crippen molar-refractivity contribution in [2.45, 2.75) is 0 Å². The van der Waals surface area contributed by atoms with Gasteiger partial charge in [0.2, 0.25) is 5.91 Å². The average molecular weight is 340 g/mol. The Balaban J connectivity index is 2.02. The smallest absolute Gasteiger partial charge is 0.248 e. The Labute approximate surface area is 143 Å². The molecule has 0 aliphatic rings. The van der Waals surface area contributed by atoms with Crippen LogP contribution in [0.3, 0.4) is 0 Å². The average Bonchev–Trinajstić information content (AvgIpc) is 3.11. The minimum absolute atomic E-state index is 0.455. The van der Waals surface area contributed by atoms with Crippen molar-refractivity contribution in [2.75, 3.05) is 14.2 Å². The maximum absolute atomic E-state index is 11.3. The van der Waals surface area contributed by atoms with Crippen LogP contribution in [-0.2, 0) is 0 Å². The lowest BCUT2D eigenvalue weighted by atomic mass is 10.1. The summed E-state index contributed by atoms with van der Waals surface area (Å²) in [6.45, 7) is 0. The van der Waals surface area contributed by atoms with Gasteiger partial charge in [0.15, 0.2) is 0 Å². The molecule has 0 saturated carbocycles. The predicted octanol–water partition coefficient (Wildman–Crippen LogP) is 3.59. The fourth-order valence-electron chi connectivity index (χ4n) is 2.35. The molecular weight excluding hydrogens is 324 g/mol. The molecule has 1 amide bonds. The van der Waals surface area contributed by atoms with Crippen molar-refractivity contribution in [1.29, 1.82) is 0 Å². The maximum atomic E-state index is 11.3. The van der Waals surface area contributed by atoms with Gasteiger partial charge in [0.1, 0.15) is 16.5 Å². The summed E-state index contributed by atoms with van der Waals surface area (Å²) in [5, 5.41) is 2.75. The maximum Gasteiger partial charge on any atom is 0.248 e. The number of carbonyl (C=O) groups is 1. The van der Waals surface area contributed by atoms with Gasteiger partial charge in [-0.2, -0.15) is 0 Å². The molecular formula is C18H16N2O3S. The Bertz CT molecular complexity index is 889. The first-order valence-electron chi connectivity index (χ1n) is 7.20. The number of ether oxygens (including phenoxy) is 2. The Hall–Kier alpha value is -2.86. The van der Waals surface area contributed by atoms with Crippen molar-refractivity contribution in [3.8, 4) is 33.3 Å². The lowest BCUT2D eigenvalue weighted by molar-refractivity contribution is 0.100. The first-order valence-corrected chi connectivity index (χ1v) is 8.08. The first-order chi connectivity index (χ1) is 11.6. The fraction of sp³-hybridized carbons (Fsp3) is 0.111. The molecule has 24 heavy (non-hydrogen) atoms. The van der Waals surface area contributed by atoms with Crippen LogP contribution in [-0.4, -0.2) is 25.1 Å². The second-order valence-corrected chi connectivity index (χ2v) is 5.91. The van der Waals surface area contributed by atoms with Crippen LogP contribution in [0.2, 0.25) is 0 Å². The number of hydrogen-bond donors (Lipinski definition) is 1. The Kier molecular flexibility index (Phi) is 4.48. The van der Waals surface area contributed by atoms with E-state index in [1.54, 1.807) is 32.4 Å². The number of amides is 1. The van der Waals surface area contributed by atoms with Crippen LogP contribution in [0.15, 0.2) is 47.8 Å². The zero-order valence-electron chi connectivity index (χ0n) is 13.3. The first kappa shape index (κ1) is 16.0. The van der Waals surface area contributed by atoms with Crippen molar-refractivity contribution in [1.82, 2.24) is 4.98 Å². The molecule has 0 aliphatic carbocycles. The molecule has 0 fully saturated rings. The van der Waals surface area contributed by atoms with E-state index >= 15 is 0 Å². The highest BCUT2D eigenvalue weighted by Gasteiger charge is 2.13. The summed E-state index contributed by atoms with van der Waals surface area (Å²) in [6, 6.07) is 12.7. The van der Waals surface area contributed by atoms with Gasteiger partial charge in [0, 0.05) is 22.1 Å². The number of methoxy groups -OCH3 is 2. The van der Waals surface area contributed by atoms with Gasteiger partial charge in [0.05, 0.1) is 19.9 Å². The summed E-state index contributed by atoms with van der Waals surface area (Å²) in [5.41, 5.74) is 8.29. The molecule has 0 aliphatic heterocycles. The molecule has 122 valence electrons. The molecule has 0 atom stereocenters. The number of nitrogens with two attached hydrogens (primary N) is 1. The third kappa shape index (κ3) is 3.09. The molecule has 6 heteroatoms. The molecule has 3 aromatic rings. The van der Waals surface area contributed by atoms with E-state index in [4.69, 9.17) is 15.2 Å². The predicted molar refractivity (Wildman–Crippen MR) is 94.6 cm³/mol. The van der Waals surface area contributed by atoms with E-state index in [9.17, 15) is 4.79 Å². The van der Waals surface area contributed by atoms with Crippen LogP contribution in [0.5, 0.6) is 11.5 Å². The molecule has 3 rings (SSSR count). The lowest BCUT2D eigenvalue weighted by Crippen LogP contribution is -2.10. The van der Waals surface area contributed by atoms with Crippen LogP contribution in [0.25, 0.3) is 21.8 Å². The SMILES string of the molecule is COc1ccc(OC)c(-c2csc(-c3cccc(C(N)=O)c3)n2)c1. The van der Waals surface area contributed by atoms with E-state index in [1.165, 1.54) is 11.3 Å². The molecule has 1 heterocycles. The van der Waals surface area contributed by atoms with Gasteiger partial charge >= 0.3 is 0 Å². The molecule has 0 radical (unpaired) electrons. The van der Waals surface area contributed by atoms with Crippen molar-refractivity contribution in [3.63, 3.8) is 0 Å². The van der Waals surface area contributed by atoms with E-state index in [1.807, 2.05) is 29.6 Å². The molecule has 2 aromatic carbocycles. The highest BCUT2D eigenvalue weighted by molar-refractivity contribution is 7.13. The molecule has 0 spiro atoms. The normalized spacial score (nSPS) is 10.4. The van der Waals surface area contributed by atoms with Crippen molar-refractivity contribution >= 4 is 17.2 Å². The zero-order chi connectivity index (χ0) is 17.1. The van der Waals surface area contributed by atoms with E-state index in [0.717, 1.165) is 33.3 Å². The highest BCUT2D eigenvalue weighted by Crippen LogP contribution is 2.36. The van der Waals surface area contributed by atoms with Gasteiger partial charge in [-0.3, -0.25) is 4.79 Å². The number of primary amides is 1. The number of nitrogens with zero attached hydrogens (tertiary/aromatic N) is 1. The number of thiazole rings is 1. The summed E-state index contributed by atoms with van der Waals surface area (Å²) in [6.07, 6.45) is 0. The van der Waals surface area contributed by atoms with Gasteiger partial charge < -0.3 is 15.2 Å². The van der Waals surface area contributed by atoms with Crippen LogP contribution < -0.4 is 15.2 Å². The van der Waals surface area contributed by atoms with Crippen LogP contribution in [0.1, 0.15) is 10.4 Å². The second kappa shape index (κ2) is 6.72. The fourth-order valence-corrected chi connectivity index (χ4v) is 3.17. The zero-order valence-corrected chi connectivity index (χ0v) is 14.1. The summed E-state index contributed by atoms with van der Waals surface area (Å²) < 4.78 is 10.7. The summed E-state index contributed by atoms with van der Waals surface area (Å²) >= 11 is 1.49. The highest BCUT2D eigenvalue weighted by atomic mass is 32.1. The van der Waals surface area contributed by atoms with Gasteiger partial charge in [-0.1, -0.05) is 12.1 Å². The molecule has 2 N–H and O–H groups in total. The summed E-state index contributed by atoms with van der Waals surface area (Å²) in [7, 11) is 3.24. The summed E-state index contributed by atoms with van der Waals surface area (Å²) in [5.74, 6) is 0.998.